The fourth-order valence-electron chi connectivity index (χ4n) is 2.79. The maximum atomic E-state index is 12.4. The van der Waals surface area contributed by atoms with Gasteiger partial charge in [0.25, 0.3) is 5.91 Å². The van der Waals surface area contributed by atoms with E-state index in [1.807, 2.05) is 43.3 Å². The molecule has 0 atom stereocenters. The Balaban J connectivity index is 1.63. The lowest BCUT2D eigenvalue weighted by molar-refractivity contribution is 0.0951. The number of ether oxygens (including phenoxy) is 3. The number of benzene rings is 3. The van der Waals surface area contributed by atoms with Crippen LogP contribution in [0.25, 0.3) is 0 Å². The quantitative estimate of drug-likeness (QED) is 0.373. The van der Waals surface area contributed by atoms with Gasteiger partial charge in [0.15, 0.2) is 11.5 Å². The summed E-state index contributed by atoms with van der Waals surface area (Å²) in [5, 5.41) is 4.72. The molecule has 6 nitrogen and oxygen atoms in total. The molecule has 0 aliphatic carbocycles. The summed E-state index contributed by atoms with van der Waals surface area (Å²) in [5.41, 5.74) is 4.68. The number of amides is 1. The molecule has 0 spiro atoms. The zero-order chi connectivity index (χ0) is 22.1. The average molecular weight is 439 g/mol. The largest absolute Gasteiger partial charge is 0.493 e. The highest BCUT2D eigenvalue weighted by atomic mass is 35.5. The zero-order valence-corrected chi connectivity index (χ0v) is 18.1. The molecule has 0 radical (unpaired) electrons. The maximum absolute atomic E-state index is 12.4. The van der Waals surface area contributed by atoms with E-state index in [1.54, 1.807) is 37.4 Å². The molecule has 0 unspecified atom stereocenters. The second-order valence-electron chi connectivity index (χ2n) is 6.45. The van der Waals surface area contributed by atoms with Gasteiger partial charge in [0, 0.05) is 5.02 Å². The molecule has 0 aromatic heterocycles. The minimum absolute atomic E-state index is 0.352. The third-order valence-corrected chi connectivity index (χ3v) is 4.56. The Hall–Kier alpha value is -3.51. The zero-order valence-electron chi connectivity index (χ0n) is 17.3. The van der Waals surface area contributed by atoms with Gasteiger partial charge in [-0.25, -0.2) is 5.43 Å². The predicted octanol–water partition coefficient (Wildman–Crippen LogP) is 5.09. The Morgan fingerprint density at radius 3 is 2.52 bits per heavy atom. The van der Waals surface area contributed by atoms with E-state index in [2.05, 4.69) is 10.5 Å². The van der Waals surface area contributed by atoms with Gasteiger partial charge in [0.2, 0.25) is 0 Å². The minimum atomic E-state index is -0.352. The van der Waals surface area contributed by atoms with Crippen LogP contribution in [0, 0.1) is 0 Å². The van der Waals surface area contributed by atoms with Crippen molar-refractivity contribution in [3.63, 3.8) is 0 Å². The lowest BCUT2D eigenvalue weighted by Crippen LogP contribution is -2.18. The number of methoxy groups -OCH3 is 1. The van der Waals surface area contributed by atoms with Crippen LogP contribution in [0.2, 0.25) is 5.02 Å². The third-order valence-electron chi connectivity index (χ3n) is 4.31. The number of halogens is 1. The van der Waals surface area contributed by atoms with Gasteiger partial charge < -0.3 is 14.2 Å². The van der Waals surface area contributed by atoms with Crippen molar-refractivity contribution < 1.29 is 19.0 Å². The molecule has 0 aliphatic heterocycles. The van der Waals surface area contributed by atoms with Gasteiger partial charge in [-0.3, -0.25) is 4.79 Å². The van der Waals surface area contributed by atoms with Gasteiger partial charge in [-0.1, -0.05) is 35.9 Å². The van der Waals surface area contributed by atoms with E-state index in [9.17, 15) is 4.79 Å². The summed E-state index contributed by atoms with van der Waals surface area (Å²) in [4.78, 5) is 12.4. The molecule has 31 heavy (non-hydrogen) atoms. The molecule has 1 amide bonds. The van der Waals surface area contributed by atoms with Gasteiger partial charge in [-0.15, -0.1) is 0 Å². The van der Waals surface area contributed by atoms with Gasteiger partial charge >= 0.3 is 0 Å². The number of hydrogen-bond donors (Lipinski definition) is 1. The molecule has 160 valence electrons. The Morgan fingerprint density at radius 2 is 1.77 bits per heavy atom. The number of nitrogens with one attached hydrogen (secondary N) is 1. The van der Waals surface area contributed by atoms with E-state index in [-0.39, 0.29) is 5.91 Å². The third kappa shape index (κ3) is 6.23. The molecular formula is C24H23ClN2O4. The summed E-state index contributed by atoms with van der Waals surface area (Å²) in [6.45, 7) is 2.72. The van der Waals surface area contributed by atoms with Crippen molar-refractivity contribution in [2.45, 2.75) is 13.5 Å². The standard InChI is InChI=1S/C24H23ClN2O4/c1-3-30-21-7-5-4-6-20(21)24(28)27-26-15-18-10-13-22(23(14-18)29-2)31-16-17-8-11-19(25)12-9-17/h4-15H,3,16H2,1-2H3,(H,27,28)/b26-15-. The second-order valence-corrected chi connectivity index (χ2v) is 6.89. The van der Waals surface area contributed by atoms with Crippen molar-refractivity contribution in [3.8, 4) is 17.2 Å². The predicted molar refractivity (Wildman–Crippen MR) is 121 cm³/mol. The first-order valence-corrected chi connectivity index (χ1v) is 10.1. The van der Waals surface area contributed by atoms with Crippen molar-refractivity contribution in [1.82, 2.24) is 5.43 Å². The van der Waals surface area contributed by atoms with Crippen molar-refractivity contribution >= 4 is 23.7 Å². The Morgan fingerprint density at radius 1 is 1.00 bits per heavy atom. The number of rotatable bonds is 9. The minimum Gasteiger partial charge on any atom is -0.493 e. The summed E-state index contributed by atoms with van der Waals surface area (Å²) in [7, 11) is 1.57. The maximum Gasteiger partial charge on any atom is 0.275 e. The van der Waals surface area contributed by atoms with Crippen LogP contribution in [0.4, 0.5) is 0 Å². The summed E-state index contributed by atoms with van der Waals surface area (Å²) in [5.74, 6) is 1.33. The molecule has 0 bridgehead atoms. The highest BCUT2D eigenvalue weighted by Gasteiger charge is 2.11. The lowest BCUT2D eigenvalue weighted by atomic mass is 10.2. The van der Waals surface area contributed by atoms with Crippen molar-refractivity contribution in [2.24, 2.45) is 5.10 Å². The molecule has 1 N–H and O–H groups in total. The van der Waals surface area contributed by atoms with Gasteiger partial charge in [0.05, 0.1) is 25.5 Å². The van der Waals surface area contributed by atoms with Gasteiger partial charge in [-0.05, 0) is 60.5 Å². The smallest absolute Gasteiger partial charge is 0.275 e. The summed E-state index contributed by atoms with van der Waals surface area (Å²) >= 11 is 5.91. The second kappa shape index (κ2) is 11.0. The first-order valence-electron chi connectivity index (χ1n) is 9.71. The van der Waals surface area contributed by atoms with Crippen LogP contribution in [0.5, 0.6) is 17.2 Å². The number of para-hydroxylation sites is 1. The number of carbonyl (C=O) groups is 1. The van der Waals surface area contributed by atoms with Crippen molar-refractivity contribution in [2.75, 3.05) is 13.7 Å². The van der Waals surface area contributed by atoms with Gasteiger partial charge in [0.1, 0.15) is 12.4 Å². The Labute approximate surface area is 186 Å². The average Bonchev–Trinajstić information content (AvgIpc) is 2.79. The van der Waals surface area contributed by atoms with E-state index < -0.39 is 0 Å². The molecule has 7 heteroatoms. The first kappa shape index (κ1) is 22.2. The topological polar surface area (TPSA) is 69.2 Å². The highest BCUT2D eigenvalue weighted by Crippen LogP contribution is 2.28. The summed E-state index contributed by atoms with van der Waals surface area (Å²) < 4.78 is 16.7. The molecule has 0 heterocycles. The van der Waals surface area contributed by atoms with E-state index in [0.29, 0.717) is 41.0 Å². The van der Waals surface area contributed by atoms with Crippen molar-refractivity contribution in [1.29, 1.82) is 0 Å². The molecule has 0 saturated heterocycles. The lowest BCUT2D eigenvalue weighted by Gasteiger charge is -2.11. The van der Waals surface area contributed by atoms with Crippen LogP contribution >= 0.6 is 11.6 Å². The van der Waals surface area contributed by atoms with Crippen LogP contribution < -0.4 is 19.6 Å². The monoisotopic (exact) mass is 438 g/mol. The molecule has 3 aromatic carbocycles. The summed E-state index contributed by atoms with van der Waals surface area (Å²) in [6, 6.07) is 19.9. The Kier molecular flexibility index (Phi) is 7.90. The molecular weight excluding hydrogens is 416 g/mol. The number of nitrogens with zero attached hydrogens (tertiary/aromatic N) is 1. The summed E-state index contributed by atoms with van der Waals surface area (Å²) in [6.07, 6.45) is 1.53. The van der Waals surface area contributed by atoms with Crippen LogP contribution in [-0.4, -0.2) is 25.8 Å². The van der Waals surface area contributed by atoms with Crippen molar-refractivity contribution in [3.05, 3.63) is 88.4 Å². The first-order chi connectivity index (χ1) is 15.1. The van der Waals surface area contributed by atoms with Crippen LogP contribution in [0.3, 0.4) is 0 Å². The Bertz CT molecular complexity index is 1050. The molecule has 0 saturated carbocycles. The van der Waals surface area contributed by atoms with Crippen LogP contribution in [-0.2, 0) is 6.61 Å². The fraction of sp³-hybridized carbons (Fsp3) is 0.167. The molecule has 3 aromatic rings. The fourth-order valence-corrected chi connectivity index (χ4v) is 2.91. The van der Waals surface area contributed by atoms with E-state index >= 15 is 0 Å². The highest BCUT2D eigenvalue weighted by molar-refractivity contribution is 6.30. The van der Waals surface area contributed by atoms with Crippen LogP contribution in [0.15, 0.2) is 71.8 Å². The normalized spacial score (nSPS) is 10.7. The number of hydrazone groups is 1. The molecule has 3 rings (SSSR count). The number of carbonyl (C=O) groups excluding carboxylic acids is 1. The molecule has 0 aliphatic rings. The van der Waals surface area contributed by atoms with Gasteiger partial charge in [-0.2, -0.15) is 5.10 Å². The van der Waals surface area contributed by atoms with Crippen LogP contribution in [0.1, 0.15) is 28.4 Å². The molecule has 0 fully saturated rings. The number of hydrogen-bond acceptors (Lipinski definition) is 5. The van der Waals surface area contributed by atoms with E-state index in [0.717, 1.165) is 11.1 Å². The SMILES string of the molecule is CCOc1ccccc1C(=O)N/N=C\c1ccc(OCc2ccc(Cl)cc2)c(OC)c1. The van der Waals surface area contributed by atoms with E-state index in [1.165, 1.54) is 6.21 Å². The van der Waals surface area contributed by atoms with E-state index in [4.69, 9.17) is 25.8 Å².